The maximum Gasteiger partial charge on any atom is 0.210 e. The molecule has 0 amide bonds. The topological polar surface area (TPSA) is 42.1 Å². The number of fused-ring (bicyclic) bond motifs is 2. The number of aromatic amines is 1. The van der Waals surface area contributed by atoms with Gasteiger partial charge < -0.3 is 9.72 Å². The normalized spacial score (nSPS) is 11.2. The molecule has 0 spiro atoms. The summed E-state index contributed by atoms with van der Waals surface area (Å²) in [5.74, 6) is -0.527. The molecule has 0 unspecified atom stereocenters. The van der Waals surface area contributed by atoms with E-state index < -0.39 is 5.82 Å². The summed E-state index contributed by atoms with van der Waals surface area (Å²) in [6.45, 7) is 0. The van der Waals surface area contributed by atoms with Crippen LogP contribution < -0.4 is 10.2 Å². The van der Waals surface area contributed by atoms with Crippen LogP contribution in [0.5, 0.6) is 5.75 Å². The highest BCUT2D eigenvalue weighted by molar-refractivity contribution is 7.17. The largest absolute Gasteiger partial charge is 0.494 e. The number of H-pyrrole nitrogens is 1. The van der Waals surface area contributed by atoms with Crippen LogP contribution in [0.15, 0.2) is 28.4 Å². The number of nitrogens with one attached hydrogen (secondary N) is 1. The van der Waals surface area contributed by atoms with Crippen LogP contribution in [0.2, 0.25) is 0 Å². The second-order valence-electron chi connectivity index (χ2n) is 3.62. The number of hydrogen-bond donors (Lipinski definition) is 1. The van der Waals surface area contributed by atoms with Gasteiger partial charge in [0.05, 0.1) is 28.2 Å². The second kappa shape index (κ2) is 3.56. The molecule has 0 radical (unpaired) electrons. The van der Waals surface area contributed by atoms with Crippen molar-refractivity contribution in [2.75, 3.05) is 7.11 Å². The monoisotopic (exact) mass is 249 g/mol. The lowest BCUT2D eigenvalue weighted by atomic mass is 10.2. The van der Waals surface area contributed by atoms with Gasteiger partial charge >= 0.3 is 0 Å². The molecule has 0 saturated carbocycles. The first-order chi connectivity index (χ1) is 8.22. The maximum absolute atomic E-state index is 14.0. The number of methoxy groups -OCH3 is 1. The van der Waals surface area contributed by atoms with Gasteiger partial charge in [0.2, 0.25) is 5.43 Å². The van der Waals surface area contributed by atoms with Gasteiger partial charge in [-0.3, -0.25) is 4.79 Å². The molecule has 0 fully saturated rings. The standard InChI is InChI=1S/C12H8FNO2S/c1-16-8-3-2-6-9(10(8)13)11(15)12-7(14-6)4-5-17-12/h2-5H,1H3,(H,14,15). The first-order valence-electron chi connectivity index (χ1n) is 4.98. The minimum Gasteiger partial charge on any atom is -0.494 e. The summed E-state index contributed by atoms with van der Waals surface area (Å²) in [6.07, 6.45) is 0. The Morgan fingerprint density at radius 3 is 2.88 bits per heavy atom. The Balaban J connectivity index is 2.58. The molecule has 2 heterocycles. The molecule has 0 saturated heterocycles. The number of halogens is 1. The Bertz CT molecular complexity index is 775. The fraction of sp³-hybridized carbons (Fsp3) is 0.0833. The average molecular weight is 249 g/mol. The Morgan fingerprint density at radius 1 is 1.29 bits per heavy atom. The van der Waals surface area contributed by atoms with E-state index in [1.165, 1.54) is 24.5 Å². The Labute approximate surface area is 99.5 Å². The third-order valence-electron chi connectivity index (χ3n) is 2.69. The van der Waals surface area contributed by atoms with Crippen LogP contribution in [0.3, 0.4) is 0 Å². The van der Waals surface area contributed by atoms with E-state index in [-0.39, 0.29) is 16.6 Å². The molecule has 0 aliphatic carbocycles. The van der Waals surface area contributed by atoms with Crippen molar-refractivity contribution in [1.82, 2.24) is 4.98 Å². The van der Waals surface area contributed by atoms with E-state index in [4.69, 9.17) is 4.74 Å². The van der Waals surface area contributed by atoms with Crippen molar-refractivity contribution < 1.29 is 9.13 Å². The first-order valence-corrected chi connectivity index (χ1v) is 5.86. The third kappa shape index (κ3) is 1.36. The molecule has 86 valence electrons. The van der Waals surface area contributed by atoms with Crippen LogP contribution in [0.1, 0.15) is 0 Å². The minimum atomic E-state index is -0.610. The van der Waals surface area contributed by atoms with Crippen molar-refractivity contribution in [3.8, 4) is 5.75 Å². The molecule has 0 aliphatic heterocycles. The van der Waals surface area contributed by atoms with E-state index in [0.717, 1.165) is 5.52 Å². The summed E-state index contributed by atoms with van der Waals surface area (Å²) in [6, 6.07) is 4.96. The van der Waals surface area contributed by atoms with Gasteiger partial charge in [-0.15, -0.1) is 11.3 Å². The molecule has 5 heteroatoms. The van der Waals surface area contributed by atoms with Gasteiger partial charge in [0.25, 0.3) is 0 Å². The predicted octanol–water partition coefficient (Wildman–Crippen LogP) is 2.89. The molecule has 3 nitrogen and oxygen atoms in total. The number of ether oxygens (including phenoxy) is 1. The molecule has 3 rings (SSSR count). The van der Waals surface area contributed by atoms with Crippen LogP contribution in [-0.4, -0.2) is 12.1 Å². The van der Waals surface area contributed by atoms with Gasteiger partial charge in [-0.1, -0.05) is 0 Å². The summed E-state index contributed by atoms with van der Waals surface area (Å²) >= 11 is 1.30. The van der Waals surface area contributed by atoms with E-state index in [1.54, 1.807) is 11.4 Å². The molecule has 1 N–H and O–H groups in total. The van der Waals surface area contributed by atoms with Gasteiger partial charge in [-0.05, 0) is 23.6 Å². The van der Waals surface area contributed by atoms with Crippen molar-refractivity contribution >= 4 is 32.5 Å². The smallest absolute Gasteiger partial charge is 0.210 e. The van der Waals surface area contributed by atoms with Gasteiger partial charge in [-0.2, -0.15) is 0 Å². The molecule has 0 aliphatic rings. The predicted molar refractivity (Wildman–Crippen MR) is 66.5 cm³/mol. The highest BCUT2D eigenvalue weighted by Crippen LogP contribution is 2.26. The summed E-state index contributed by atoms with van der Waals surface area (Å²) in [5.41, 5.74) is 0.927. The molecular weight excluding hydrogens is 241 g/mol. The van der Waals surface area contributed by atoms with Gasteiger partial charge in [-0.25, -0.2) is 4.39 Å². The van der Waals surface area contributed by atoms with Crippen LogP contribution in [0.4, 0.5) is 4.39 Å². The lowest BCUT2D eigenvalue weighted by Crippen LogP contribution is -2.05. The number of hydrogen-bond acceptors (Lipinski definition) is 3. The van der Waals surface area contributed by atoms with Crippen molar-refractivity contribution in [1.29, 1.82) is 0 Å². The van der Waals surface area contributed by atoms with Crippen molar-refractivity contribution in [2.24, 2.45) is 0 Å². The number of benzene rings is 1. The van der Waals surface area contributed by atoms with Crippen LogP contribution in [-0.2, 0) is 0 Å². The number of rotatable bonds is 1. The van der Waals surface area contributed by atoms with Crippen LogP contribution in [0, 0.1) is 5.82 Å². The lowest BCUT2D eigenvalue weighted by molar-refractivity contribution is 0.389. The Hall–Kier alpha value is -1.88. The number of aromatic nitrogens is 1. The zero-order valence-corrected chi connectivity index (χ0v) is 9.73. The summed E-state index contributed by atoms with van der Waals surface area (Å²) in [7, 11) is 1.38. The maximum atomic E-state index is 14.0. The van der Waals surface area contributed by atoms with E-state index in [9.17, 15) is 9.18 Å². The van der Waals surface area contributed by atoms with Crippen molar-refractivity contribution in [2.45, 2.75) is 0 Å². The molecule has 17 heavy (non-hydrogen) atoms. The highest BCUT2D eigenvalue weighted by Gasteiger charge is 2.14. The molecule has 0 atom stereocenters. The zero-order valence-electron chi connectivity index (χ0n) is 8.91. The fourth-order valence-corrected chi connectivity index (χ4v) is 2.68. The quantitative estimate of drug-likeness (QED) is 0.720. The molecule has 0 bridgehead atoms. The van der Waals surface area contributed by atoms with E-state index in [0.29, 0.717) is 10.2 Å². The highest BCUT2D eigenvalue weighted by atomic mass is 32.1. The SMILES string of the molecule is COc1ccc2[nH]c3ccsc3c(=O)c2c1F. The van der Waals surface area contributed by atoms with E-state index >= 15 is 0 Å². The first kappa shape index (κ1) is 10.3. The molecule has 2 aromatic heterocycles. The van der Waals surface area contributed by atoms with E-state index in [2.05, 4.69) is 4.98 Å². The van der Waals surface area contributed by atoms with E-state index in [1.807, 2.05) is 6.07 Å². The minimum absolute atomic E-state index is 0.0549. The van der Waals surface area contributed by atoms with Crippen LogP contribution >= 0.6 is 11.3 Å². The molecule has 1 aromatic carbocycles. The Morgan fingerprint density at radius 2 is 2.12 bits per heavy atom. The zero-order chi connectivity index (χ0) is 12.0. The van der Waals surface area contributed by atoms with Crippen molar-refractivity contribution in [3.05, 3.63) is 39.6 Å². The fourth-order valence-electron chi connectivity index (χ4n) is 1.88. The third-order valence-corrected chi connectivity index (χ3v) is 3.61. The van der Waals surface area contributed by atoms with Gasteiger partial charge in [0.1, 0.15) is 0 Å². The van der Waals surface area contributed by atoms with Crippen molar-refractivity contribution in [3.63, 3.8) is 0 Å². The Kier molecular flexibility index (Phi) is 2.16. The van der Waals surface area contributed by atoms with Gasteiger partial charge in [0, 0.05) is 0 Å². The number of thiophene rings is 1. The molecular formula is C12H8FNO2S. The number of pyridine rings is 1. The average Bonchev–Trinajstić information content (AvgIpc) is 2.78. The lowest BCUT2D eigenvalue weighted by Gasteiger charge is -2.05. The summed E-state index contributed by atoms with van der Waals surface area (Å²) in [4.78, 5) is 15.2. The summed E-state index contributed by atoms with van der Waals surface area (Å²) < 4.78 is 19.4. The van der Waals surface area contributed by atoms with Gasteiger partial charge in [0.15, 0.2) is 11.6 Å². The summed E-state index contributed by atoms with van der Waals surface area (Å²) in [5, 5.41) is 1.86. The molecule has 3 aromatic rings. The van der Waals surface area contributed by atoms with Crippen LogP contribution in [0.25, 0.3) is 21.1 Å². The second-order valence-corrected chi connectivity index (χ2v) is 4.54.